The minimum absolute atomic E-state index is 0.163. The number of aromatic nitrogens is 2. The molecule has 0 amide bonds. The molecule has 0 aromatic carbocycles. The summed E-state index contributed by atoms with van der Waals surface area (Å²) < 4.78 is 22.2. The molecule has 5 rings (SSSR count). The lowest BCUT2D eigenvalue weighted by Crippen LogP contribution is -2.62. The maximum atomic E-state index is 14.9. The van der Waals surface area contributed by atoms with Gasteiger partial charge in [0, 0.05) is 48.1 Å². The van der Waals surface area contributed by atoms with Crippen LogP contribution in [0.1, 0.15) is 143 Å². The smallest absolute Gasteiger partial charge is 0.342 e. The van der Waals surface area contributed by atoms with E-state index in [0.717, 1.165) is 19.3 Å². The molecule has 0 radical (unpaired) electrons. The molecule has 0 aliphatic carbocycles. The van der Waals surface area contributed by atoms with Gasteiger partial charge in [-0.3, -0.25) is 9.59 Å². The minimum Gasteiger partial charge on any atom is -0.458 e. The molecule has 3 aliphatic rings. The van der Waals surface area contributed by atoms with E-state index in [0.29, 0.717) is 31.2 Å². The lowest BCUT2D eigenvalue weighted by Gasteiger charge is -2.55. The zero-order valence-electron chi connectivity index (χ0n) is 39.4. The molecule has 2 saturated heterocycles. The highest BCUT2D eigenvalue weighted by molar-refractivity contribution is 5.99. The summed E-state index contributed by atoms with van der Waals surface area (Å²) in [6.45, 7) is 19.2. The first kappa shape index (κ1) is 50.7. The van der Waals surface area contributed by atoms with Crippen LogP contribution < -0.4 is 0 Å². The number of ketones is 2. The number of hydrogen-bond donors (Lipinski definition) is 5. The maximum absolute atomic E-state index is 14.9. The Balaban J connectivity index is 1.57. The first-order valence-corrected chi connectivity index (χ1v) is 23.5. The van der Waals surface area contributed by atoms with Crippen LogP contribution in [-0.2, 0) is 23.8 Å². The van der Waals surface area contributed by atoms with Gasteiger partial charge < -0.3 is 39.7 Å². The summed E-state index contributed by atoms with van der Waals surface area (Å²) in [5.41, 5.74) is -1.35. The van der Waals surface area contributed by atoms with E-state index in [1.165, 1.54) is 27.7 Å². The number of allylic oxidation sites excluding steroid dienone is 4. The van der Waals surface area contributed by atoms with Gasteiger partial charge in [0.05, 0.1) is 47.8 Å². The van der Waals surface area contributed by atoms with Crippen molar-refractivity contribution in [1.82, 2.24) is 9.61 Å². The standard InChI is InChI=1S/C50H76N2O11/c1-12-36-19-15-13-14-18-28(3)46(57)49(11,60)47(58)34(9)44(56)33(8)43(55)32(7)42(54)31(6)41-40(37-20-16-17-25-52(37)51-41)48(59)61-45-30(5)38(22-21-36)62-50(35(45)10)24-23-27(2)39(63-50)26-29(4)53/h13-17,19-20,25,27-36,38-39,42,44-46,53-54,56-57,60H,12,18,21-24,26H2,1-11H3/b14-13+,19-15+/t27-,28+,29+,30+,31-,32-,33-,34-,35+,36-,38-,39-,42+,44+,45+,46-,49+,50-/m0/s1/i51+1. The Labute approximate surface area is 374 Å². The van der Waals surface area contributed by atoms with E-state index in [9.17, 15) is 39.9 Å². The Morgan fingerprint density at radius 2 is 1.54 bits per heavy atom. The summed E-state index contributed by atoms with van der Waals surface area (Å²) in [6.07, 6.45) is 7.88. The van der Waals surface area contributed by atoms with Crippen molar-refractivity contribution in [2.45, 2.75) is 181 Å². The molecular weight excluding hydrogens is 806 g/mol. The Hall–Kier alpha value is -3.30. The predicted molar refractivity (Wildman–Crippen MR) is 240 cm³/mol. The number of carbonyl (C=O) groups is 3. The van der Waals surface area contributed by atoms with E-state index >= 15 is 0 Å². The molecule has 13 nitrogen and oxygen atoms in total. The molecule has 2 aromatic rings. The molecule has 0 unspecified atom stereocenters. The number of aliphatic hydroxyl groups excluding tert-OH is 4. The summed E-state index contributed by atoms with van der Waals surface area (Å²) >= 11 is 0. The third-order valence-electron chi connectivity index (χ3n) is 15.1. The van der Waals surface area contributed by atoms with E-state index in [1.807, 2.05) is 32.1 Å². The highest BCUT2D eigenvalue weighted by Crippen LogP contribution is 2.49. The van der Waals surface area contributed by atoms with Gasteiger partial charge in [0.2, 0.25) is 0 Å². The molecule has 1 spiro atoms. The van der Waals surface area contributed by atoms with Crippen molar-refractivity contribution in [3.8, 4) is 0 Å². The molecule has 2 aromatic heterocycles. The van der Waals surface area contributed by atoms with E-state index in [4.69, 9.17) is 19.3 Å². The SMILES string of the molecule is CC[C@H]1/C=C/C=C/C[C@@H](C)[C@H](O)[C@@](C)(O)C(=O)[C@@H](C)[C@H](O)[C@@H](C)C(=O)[C@@H](C)[C@H](O)[C@@H](C)c2[15n]n3ccccc3c2C(=O)O[C@@H]2[C@H](C)[C@H](CC1)O[C@]1(CC[C@H](C)[C@H](C[C@@H](C)O)O1)[C@@H]2C. The van der Waals surface area contributed by atoms with E-state index in [-0.39, 0.29) is 41.2 Å². The molecule has 2 fully saturated rings. The van der Waals surface area contributed by atoms with Crippen LogP contribution in [0.4, 0.5) is 0 Å². The van der Waals surface area contributed by atoms with Gasteiger partial charge in [0.15, 0.2) is 11.6 Å². The minimum atomic E-state index is -2.22. The van der Waals surface area contributed by atoms with Crippen molar-refractivity contribution in [3.05, 3.63) is 60.0 Å². The average Bonchev–Trinajstić information content (AvgIpc) is 3.65. The number of rotatable bonds is 3. The first-order chi connectivity index (χ1) is 29.6. The number of Topliss-reactive ketones (excluding diaryl/α,β-unsaturated/α-hetero) is 2. The van der Waals surface area contributed by atoms with Gasteiger partial charge in [-0.1, -0.05) is 92.7 Å². The first-order valence-electron chi connectivity index (χ1n) is 23.5. The van der Waals surface area contributed by atoms with Crippen molar-refractivity contribution in [3.63, 3.8) is 0 Å². The summed E-state index contributed by atoms with van der Waals surface area (Å²) in [6, 6.07) is 5.31. The van der Waals surface area contributed by atoms with Crippen LogP contribution in [0, 0.1) is 47.3 Å². The Morgan fingerprint density at radius 1 is 0.873 bits per heavy atom. The van der Waals surface area contributed by atoms with Crippen LogP contribution in [0.5, 0.6) is 0 Å². The zero-order valence-corrected chi connectivity index (χ0v) is 39.4. The van der Waals surface area contributed by atoms with Gasteiger partial charge >= 0.3 is 5.97 Å². The highest BCUT2D eigenvalue weighted by Gasteiger charge is 2.56. The molecule has 0 saturated carbocycles. The lowest BCUT2D eigenvalue weighted by molar-refractivity contribution is -0.370. The second-order valence-corrected chi connectivity index (χ2v) is 19.8. The van der Waals surface area contributed by atoms with Crippen molar-refractivity contribution >= 4 is 23.1 Å². The summed E-state index contributed by atoms with van der Waals surface area (Å²) in [5, 5.41) is 61.1. The van der Waals surface area contributed by atoms with Crippen LogP contribution in [0.3, 0.4) is 0 Å². The van der Waals surface area contributed by atoms with Gasteiger partial charge in [0.25, 0.3) is 0 Å². The predicted octanol–water partition coefficient (Wildman–Crippen LogP) is 6.76. The van der Waals surface area contributed by atoms with E-state index in [1.54, 1.807) is 49.7 Å². The van der Waals surface area contributed by atoms with E-state index in [2.05, 4.69) is 19.9 Å². The van der Waals surface area contributed by atoms with Gasteiger partial charge in [-0.25, -0.2) is 9.31 Å². The normalized spacial score (nSPS) is 42.3. The topological polar surface area (TPSA) is 197 Å². The fourth-order valence-electron chi connectivity index (χ4n) is 10.4. The van der Waals surface area contributed by atoms with Crippen molar-refractivity contribution in [2.75, 3.05) is 0 Å². The Bertz CT molecular complexity index is 1940. The van der Waals surface area contributed by atoms with Gasteiger partial charge in [-0.05, 0) is 82.3 Å². The largest absolute Gasteiger partial charge is 0.458 e. The zero-order chi connectivity index (χ0) is 46.7. The lowest BCUT2D eigenvalue weighted by atomic mass is 9.74. The number of carbonyl (C=O) groups excluding carboxylic acids is 3. The quantitative estimate of drug-likeness (QED) is 0.204. The van der Waals surface area contributed by atoms with Crippen LogP contribution in [0.2, 0.25) is 0 Å². The van der Waals surface area contributed by atoms with Gasteiger partial charge in [-0.15, -0.1) is 0 Å². The van der Waals surface area contributed by atoms with Crippen molar-refractivity contribution in [2.24, 2.45) is 47.3 Å². The molecule has 5 heterocycles. The number of fused-ring (bicyclic) bond motifs is 5. The molecular formula is C50H76N2O11. The fourth-order valence-corrected chi connectivity index (χ4v) is 10.4. The maximum Gasteiger partial charge on any atom is 0.342 e. The molecule has 352 valence electrons. The monoisotopic (exact) mass is 882 g/mol. The Kier molecular flexibility index (Phi) is 16.8. The van der Waals surface area contributed by atoms with E-state index < -0.39 is 95.0 Å². The number of aliphatic hydroxyl groups is 5. The van der Waals surface area contributed by atoms with Crippen LogP contribution in [-0.4, -0.2) is 107 Å². The number of nitrogens with zero attached hydrogens (tertiary/aromatic N) is 2. The molecule has 5 N–H and O–H groups in total. The number of hydrogen-bond acceptors (Lipinski definition) is 12. The number of ether oxygens (including phenoxy) is 3. The van der Waals surface area contributed by atoms with Gasteiger partial charge in [0.1, 0.15) is 23.1 Å². The molecule has 3 aliphatic heterocycles. The third-order valence-corrected chi connectivity index (χ3v) is 15.1. The average molecular weight is 882 g/mol. The second kappa shape index (κ2) is 20.9. The second-order valence-electron chi connectivity index (χ2n) is 19.8. The van der Waals surface area contributed by atoms with Gasteiger partial charge in [-0.2, -0.15) is 5.10 Å². The number of esters is 1. The molecule has 63 heavy (non-hydrogen) atoms. The fraction of sp³-hybridized carbons (Fsp3) is 0.720. The summed E-state index contributed by atoms with van der Waals surface area (Å²) in [4.78, 5) is 42.6. The van der Waals surface area contributed by atoms with Crippen LogP contribution >= 0.6 is 0 Å². The van der Waals surface area contributed by atoms with Crippen molar-refractivity contribution in [1.29, 1.82) is 0 Å². The Morgan fingerprint density at radius 3 is 2.19 bits per heavy atom. The van der Waals surface area contributed by atoms with Crippen LogP contribution in [0.15, 0.2) is 48.7 Å². The highest BCUT2D eigenvalue weighted by atomic mass is 16.7. The van der Waals surface area contributed by atoms with Crippen LogP contribution in [0.25, 0.3) is 5.52 Å². The summed E-state index contributed by atoms with van der Waals surface area (Å²) in [7, 11) is 0. The molecule has 13 heteroatoms. The number of pyridine rings is 1. The third kappa shape index (κ3) is 10.7. The molecule has 2 bridgehead atoms. The summed E-state index contributed by atoms with van der Waals surface area (Å²) in [5.74, 6) is -8.13. The van der Waals surface area contributed by atoms with Crippen molar-refractivity contribution < 1.29 is 54.1 Å². The molecule has 18 atom stereocenters.